The first kappa shape index (κ1) is 32.5. The molecule has 0 radical (unpaired) electrons. The number of aromatic nitrogens is 4. The molecule has 0 fully saturated rings. The molecule has 4 rings (SSSR count). The summed E-state index contributed by atoms with van der Waals surface area (Å²) in [6.07, 6.45) is 2.98. The van der Waals surface area contributed by atoms with Gasteiger partial charge in [0.2, 0.25) is 16.2 Å². The summed E-state index contributed by atoms with van der Waals surface area (Å²) in [5, 5.41) is 37.3. The minimum absolute atomic E-state index is 0.0758. The number of unbranched alkanes of at least 4 members (excludes halogenated alkanes) is 1. The third-order valence-electron chi connectivity index (χ3n) is 6.24. The molecule has 0 saturated heterocycles. The SMILES string of the molecule is CC(C)(CNc1nnc(CCCCc2nnc(NC(=O)Cc3ccccc3)s2)s1)OC(=O)NCc1cccc(CC(=O)O)c1. The quantitative estimate of drug-likeness (QED) is 0.124. The van der Waals surface area contributed by atoms with Gasteiger partial charge in [-0.25, -0.2) is 4.79 Å². The van der Waals surface area contributed by atoms with Crippen molar-refractivity contribution in [3.8, 4) is 0 Å². The van der Waals surface area contributed by atoms with Crippen molar-refractivity contribution in [2.75, 3.05) is 17.2 Å². The molecule has 44 heavy (non-hydrogen) atoms. The number of hydrogen-bond donors (Lipinski definition) is 4. The maximum atomic E-state index is 12.4. The molecule has 0 spiro atoms. The average molecular weight is 638 g/mol. The number of amides is 2. The predicted octanol–water partition coefficient (Wildman–Crippen LogP) is 4.88. The van der Waals surface area contributed by atoms with Crippen LogP contribution in [0.25, 0.3) is 0 Å². The second-order valence-corrected chi connectivity index (χ2v) is 12.8. The Balaban J connectivity index is 1.11. The summed E-state index contributed by atoms with van der Waals surface area (Å²) in [5.74, 6) is -1.02. The van der Waals surface area contributed by atoms with Crippen LogP contribution >= 0.6 is 22.7 Å². The molecular weight excluding hydrogens is 603 g/mol. The monoisotopic (exact) mass is 637 g/mol. The highest BCUT2D eigenvalue weighted by atomic mass is 32.1. The molecule has 2 aromatic carbocycles. The van der Waals surface area contributed by atoms with Gasteiger partial charge >= 0.3 is 12.1 Å². The minimum Gasteiger partial charge on any atom is -0.481 e. The van der Waals surface area contributed by atoms with E-state index < -0.39 is 17.7 Å². The highest BCUT2D eigenvalue weighted by Gasteiger charge is 2.23. The summed E-state index contributed by atoms with van der Waals surface area (Å²) in [4.78, 5) is 35.5. The summed E-state index contributed by atoms with van der Waals surface area (Å²) < 4.78 is 5.57. The van der Waals surface area contributed by atoms with Crippen LogP contribution in [0.1, 0.15) is 53.4 Å². The third-order valence-corrected chi connectivity index (χ3v) is 8.08. The van der Waals surface area contributed by atoms with Crippen molar-refractivity contribution >= 4 is 50.9 Å². The Morgan fingerprint density at radius 1 is 0.818 bits per heavy atom. The Bertz CT molecular complexity index is 1540. The van der Waals surface area contributed by atoms with Crippen LogP contribution < -0.4 is 16.0 Å². The number of ether oxygens (including phenoxy) is 1. The van der Waals surface area contributed by atoms with Crippen LogP contribution in [-0.2, 0) is 46.6 Å². The number of aryl methyl sites for hydroxylation is 2. The molecule has 0 aliphatic heterocycles. The number of benzene rings is 2. The van der Waals surface area contributed by atoms with E-state index in [2.05, 4.69) is 36.3 Å². The number of carbonyl (C=O) groups is 3. The summed E-state index contributed by atoms with van der Waals surface area (Å²) in [5.41, 5.74) is 1.58. The van der Waals surface area contributed by atoms with Gasteiger partial charge in [-0.3, -0.25) is 9.59 Å². The van der Waals surface area contributed by atoms with Crippen LogP contribution in [0.5, 0.6) is 0 Å². The van der Waals surface area contributed by atoms with E-state index in [9.17, 15) is 14.4 Å². The number of carboxylic acids is 1. The normalized spacial score (nSPS) is 11.1. The van der Waals surface area contributed by atoms with E-state index in [0.717, 1.165) is 46.8 Å². The van der Waals surface area contributed by atoms with Crippen LogP contribution in [0.3, 0.4) is 0 Å². The van der Waals surface area contributed by atoms with Crippen molar-refractivity contribution in [3.63, 3.8) is 0 Å². The van der Waals surface area contributed by atoms with E-state index >= 15 is 0 Å². The van der Waals surface area contributed by atoms with E-state index in [4.69, 9.17) is 9.84 Å². The molecule has 0 saturated carbocycles. The Morgan fingerprint density at radius 2 is 1.45 bits per heavy atom. The zero-order valence-electron chi connectivity index (χ0n) is 24.5. The molecule has 0 aliphatic rings. The number of nitrogens with one attached hydrogen (secondary N) is 3. The molecule has 4 aromatic rings. The molecule has 14 heteroatoms. The van der Waals surface area contributed by atoms with Gasteiger partial charge in [0.1, 0.15) is 15.6 Å². The second kappa shape index (κ2) is 15.9. The summed E-state index contributed by atoms with van der Waals surface area (Å²) >= 11 is 2.85. The molecule has 0 unspecified atom stereocenters. The largest absolute Gasteiger partial charge is 0.481 e. The topological polar surface area (TPSA) is 168 Å². The average Bonchev–Trinajstić information content (AvgIpc) is 3.62. The highest BCUT2D eigenvalue weighted by Crippen LogP contribution is 2.21. The Kier molecular flexibility index (Phi) is 11.7. The molecule has 0 bridgehead atoms. The number of nitrogens with zero attached hydrogens (tertiary/aromatic N) is 4. The summed E-state index contributed by atoms with van der Waals surface area (Å²) in [6, 6.07) is 16.6. The maximum Gasteiger partial charge on any atom is 0.407 e. The van der Waals surface area contributed by atoms with Crippen molar-refractivity contribution in [3.05, 3.63) is 81.3 Å². The number of aliphatic carboxylic acids is 1. The molecule has 0 atom stereocenters. The molecule has 2 amide bonds. The third kappa shape index (κ3) is 11.3. The van der Waals surface area contributed by atoms with E-state index in [1.165, 1.54) is 22.7 Å². The van der Waals surface area contributed by atoms with Crippen LogP contribution in [0.4, 0.5) is 15.1 Å². The zero-order valence-corrected chi connectivity index (χ0v) is 26.2. The fraction of sp³-hybridized carbons (Fsp3) is 0.367. The Hall–Kier alpha value is -4.43. The standard InChI is InChI=1S/C30H35N7O5S2/c1-30(2,42-29(41)31-18-22-12-8-11-21(15-22)17-26(39)40)19-32-27-36-34-24(43-27)13-6-7-14-25-35-37-28(44-25)33-23(38)16-20-9-4-3-5-10-20/h3-5,8-12,15H,6-7,13-14,16-19H2,1-2H3,(H,31,41)(H,32,36)(H,39,40)(H,33,37,38). The fourth-order valence-corrected chi connectivity index (χ4v) is 5.71. The van der Waals surface area contributed by atoms with Crippen LogP contribution in [0.2, 0.25) is 0 Å². The molecule has 232 valence electrons. The van der Waals surface area contributed by atoms with Crippen molar-refractivity contribution in [2.45, 2.75) is 64.5 Å². The van der Waals surface area contributed by atoms with Gasteiger partial charge in [-0.2, -0.15) is 0 Å². The van der Waals surface area contributed by atoms with Gasteiger partial charge in [-0.15, -0.1) is 20.4 Å². The van der Waals surface area contributed by atoms with Crippen molar-refractivity contribution in [2.24, 2.45) is 0 Å². The van der Waals surface area contributed by atoms with Crippen LogP contribution in [-0.4, -0.2) is 55.6 Å². The first-order valence-electron chi connectivity index (χ1n) is 14.1. The van der Waals surface area contributed by atoms with Gasteiger partial charge in [0, 0.05) is 19.4 Å². The van der Waals surface area contributed by atoms with Crippen molar-refractivity contribution < 1.29 is 24.2 Å². The number of alkyl carbamates (subject to hydrolysis) is 1. The van der Waals surface area contributed by atoms with Crippen molar-refractivity contribution in [1.29, 1.82) is 0 Å². The van der Waals surface area contributed by atoms with Gasteiger partial charge in [-0.1, -0.05) is 77.3 Å². The molecular formula is C30H35N7O5S2. The van der Waals surface area contributed by atoms with Crippen LogP contribution in [0.15, 0.2) is 54.6 Å². The van der Waals surface area contributed by atoms with E-state index in [-0.39, 0.29) is 18.9 Å². The number of carboxylic acid groups (broad SMARTS) is 1. The molecule has 0 aliphatic carbocycles. The number of carbonyl (C=O) groups excluding carboxylic acids is 2. The molecule has 4 N–H and O–H groups in total. The van der Waals surface area contributed by atoms with Crippen LogP contribution in [0, 0.1) is 0 Å². The highest BCUT2D eigenvalue weighted by molar-refractivity contribution is 7.15. The fourth-order valence-electron chi connectivity index (χ4n) is 4.14. The number of hydrogen-bond acceptors (Lipinski definition) is 11. The second-order valence-electron chi connectivity index (χ2n) is 10.7. The van der Waals surface area contributed by atoms with Gasteiger partial charge in [0.25, 0.3) is 0 Å². The lowest BCUT2D eigenvalue weighted by Crippen LogP contribution is -2.39. The van der Waals surface area contributed by atoms with E-state index in [0.29, 0.717) is 28.8 Å². The lowest BCUT2D eigenvalue weighted by molar-refractivity contribution is -0.136. The zero-order chi connectivity index (χ0) is 31.4. The van der Waals surface area contributed by atoms with Gasteiger partial charge < -0.3 is 25.8 Å². The number of anilines is 2. The Morgan fingerprint density at radius 3 is 2.16 bits per heavy atom. The van der Waals surface area contributed by atoms with Gasteiger partial charge in [-0.05, 0) is 43.4 Å². The Labute approximate surface area is 263 Å². The van der Waals surface area contributed by atoms with Crippen molar-refractivity contribution in [1.82, 2.24) is 25.7 Å². The summed E-state index contributed by atoms with van der Waals surface area (Å²) in [7, 11) is 0. The smallest absolute Gasteiger partial charge is 0.407 e. The van der Waals surface area contributed by atoms with Gasteiger partial charge in [0.15, 0.2) is 0 Å². The summed E-state index contributed by atoms with van der Waals surface area (Å²) in [6.45, 7) is 4.15. The first-order valence-corrected chi connectivity index (χ1v) is 15.8. The molecule has 2 aromatic heterocycles. The van der Waals surface area contributed by atoms with E-state index in [1.807, 2.05) is 36.4 Å². The lowest BCUT2D eigenvalue weighted by atomic mass is 10.1. The first-order chi connectivity index (χ1) is 21.1. The molecule has 12 nitrogen and oxygen atoms in total. The molecule has 2 heterocycles. The van der Waals surface area contributed by atoms with Gasteiger partial charge in [0.05, 0.1) is 19.4 Å². The van der Waals surface area contributed by atoms with E-state index in [1.54, 1.807) is 32.0 Å². The number of rotatable bonds is 16. The lowest BCUT2D eigenvalue weighted by Gasteiger charge is -2.25. The maximum absolute atomic E-state index is 12.4. The minimum atomic E-state index is -0.909. The predicted molar refractivity (Wildman–Crippen MR) is 169 cm³/mol.